The lowest BCUT2D eigenvalue weighted by atomic mass is 9.83. The van der Waals surface area contributed by atoms with Crippen LogP contribution >= 0.6 is 10.6 Å². The zero-order chi connectivity index (χ0) is 31.1. The van der Waals surface area contributed by atoms with Crippen LogP contribution in [0.1, 0.15) is 54.8 Å². The number of hydrogen-bond donors (Lipinski definition) is 3. The molecule has 1 atom stereocenters. The van der Waals surface area contributed by atoms with E-state index in [1.165, 1.54) is 24.3 Å². The zero-order valence-corrected chi connectivity index (χ0v) is 23.9. The van der Waals surface area contributed by atoms with Crippen molar-refractivity contribution in [2.45, 2.75) is 55.3 Å². The highest BCUT2D eigenvalue weighted by Crippen LogP contribution is 2.52. The van der Waals surface area contributed by atoms with Crippen LogP contribution in [0.5, 0.6) is 0 Å². The number of anilines is 1. The number of ether oxygens (including phenoxy) is 1. The molecule has 14 heteroatoms. The van der Waals surface area contributed by atoms with E-state index in [1.54, 1.807) is 0 Å². The molecule has 0 aromatic heterocycles. The molecule has 2 aromatic carbocycles. The molecule has 1 aliphatic carbocycles. The third kappa shape index (κ3) is 5.98. The molecular weight excluding hydrogens is 589 g/mol. The molecule has 0 saturated carbocycles. The number of nitrogens with zero attached hydrogens (tertiary/aromatic N) is 3. The Bertz CT molecular complexity index is 1540. The van der Waals surface area contributed by atoms with Gasteiger partial charge in [0.2, 0.25) is 0 Å². The largest absolute Gasteiger partial charge is 0.416 e. The number of nitriles is 1. The molecule has 0 bridgehead atoms. The zero-order valence-electron chi connectivity index (χ0n) is 23.1. The monoisotopic (exact) mass is 618 g/mol. The van der Waals surface area contributed by atoms with E-state index < -0.39 is 46.2 Å². The summed E-state index contributed by atoms with van der Waals surface area (Å²) in [5.74, 6) is -0.442. The third-order valence-electron chi connectivity index (χ3n) is 7.68. The lowest BCUT2D eigenvalue weighted by molar-refractivity contribution is -0.137. The molecule has 1 saturated heterocycles. The van der Waals surface area contributed by atoms with Crippen molar-refractivity contribution in [2.75, 3.05) is 24.4 Å². The number of benzene rings is 2. The Morgan fingerprint density at radius 3 is 2.49 bits per heavy atom. The normalized spacial score (nSPS) is 20.5. The summed E-state index contributed by atoms with van der Waals surface area (Å²) in [5.41, 5.74) is -0.955. The Morgan fingerprint density at radius 2 is 1.84 bits per heavy atom. The van der Waals surface area contributed by atoms with Crippen molar-refractivity contribution < 1.29 is 41.4 Å². The number of alkyl halides is 3. The van der Waals surface area contributed by atoms with Gasteiger partial charge in [0.1, 0.15) is 6.04 Å². The van der Waals surface area contributed by atoms with Gasteiger partial charge in [-0.3, -0.25) is 18.8 Å². The van der Waals surface area contributed by atoms with E-state index in [0.717, 1.165) is 34.3 Å². The average Bonchev–Trinajstić information content (AvgIpc) is 2.96. The van der Waals surface area contributed by atoms with Crippen molar-refractivity contribution in [1.29, 1.82) is 5.26 Å². The predicted octanol–water partition coefficient (Wildman–Crippen LogP) is 6.20. The number of rotatable bonds is 4. The van der Waals surface area contributed by atoms with Crippen molar-refractivity contribution in [2.24, 2.45) is 0 Å². The highest BCUT2D eigenvalue weighted by atomic mass is 32.3. The number of nitrogens with one attached hydrogen (secondary N) is 1. The number of imide groups is 1. The van der Waals surface area contributed by atoms with E-state index in [4.69, 9.17) is 4.74 Å². The van der Waals surface area contributed by atoms with Crippen LogP contribution in [-0.4, -0.2) is 57.4 Å². The number of allylic oxidation sites excluding steroid dienone is 1. The van der Waals surface area contributed by atoms with Gasteiger partial charge in [0, 0.05) is 48.8 Å². The van der Waals surface area contributed by atoms with Crippen molar-refractivity contribution in [3.05, 3.63) is 70.4 Å². The summed E-state index contributed by atoms with van der Waals surface area (Å²) >= 11 is 0. The molecule has 4 amide bonds. The number of Topliss-reactive ketones (excluding diaryl/α,β-unsaturated/α-hetero) is 1. The Kier molecular flexibility index (Phi) is 8.28. The Morgan fingerprint density at radius 1 is 1.12 bits per heavy atom. The molecule has 228 valence electrons. The minimum Gasteiger partial charge on any atom is -0.381 e. The molecule has 0 radical (unpaired) electrons. The van der Waals surface area contributed by atoms with Crippen LogP contribution in [0.3, 0.4) is 0 Å². The van der Waals surface area contributed by atoms with Crippen LogP contribution in [0.4, 0.5) is 28.4 Å². The van der Waals surface area contributed by atoms with E-state index in [0.29, 0.717) is 32.5 Å². The maximum Gasteiger partial charge on any atom is 0.416 e. The fourth-order valence-corrected chi connectivity index (χ4v) is 6.67. The van der Waals surface area contributed by atoms with Gasteiger partial charge in [0.05, 0.1) is 27.8 Å². The first-order valence-electron chi connectivity index (χ1n) is 13.5. The summed E-state index contributed by atoms with van der Waals surface area (Å²) in [7, 11) is -3.56. The summed E-state index contributed by atoms with van der Waals surface area (Å²) in [6, 6.07) is 6.21. The van der Waals surface area contributed by atoms with Crippen LogP contribution < -0.4 is 10.2 Å². The maximum absolute atomic E-state index is 14.4. The summed E-state index contributed by atoms with van der Waals surface area (Å²) in [4.78, 5) is 43.6. The number of amides is 4. The van der Waals surface area contributed by atoms with Crippen LogP contribution in [0.2, 0.25) is 0 Å². The fourth-order valence-electron chi connectivity index (χ4n) is 5.69. The van der Waals surface area contributed by atoms with Gasteiger partial charge in [-0.1, -0.05) is 12.1 Å². The van der Waals surface area contributed by atoms with Gasteiger partial charge in [-0.25, -0.2) is 14.5 Å². The van der Waals surface area contributed by atoms with Gasteiger partial charge in [0.15, 0.2) is 5.78 Å². The molecule has 2 aliphatic heterocycles. The second-order valence-corrected chi connectivity index (χ2v) is 12.7. The number of carbonyl (C=O) groups excluding carboxylic acids is 3. The van der Waals surface area contributed by atoms with Crippen LogP contribution in [0.25, 0.3) is 0 Å². The molecule has 0 spiro atoms. The van der Waals surface area contributed by atoms with E-state index >= 15 is 0 Å². The Balaban J connectivity index is 1.75. The van der Waals surface area contributed by atoms with Gasteiger partial charge >= 0.3 is 18.2 Å². The molecule has 0 unspecified atom stereocenters. The molecule has 5 rings (SSSR count). The molecule has 1 fully saturated rings. The van der Waals surface area contributed by atoms with E-state index in [-0.39, 0.29) is 51.9 Å². The molecule has 2 heterocycles. The first-order valence-corrected chi connectivity index (χ1v) is 15.5. The van der Waals surface area contributed by atoms with E-state index in [9.17, 15) is 41.9 Å². The van der Waals surface area contributed by atoms with Gasteiger partial charge in [0.25, 0.3) is 0 Å². The number of urea groups is 2. The third-order valence-corrected chi connectivity index (χ3v) is 8.87. The Labute approximate surface area is 247 Å². The minimum atomic E-state index is -4.72. The topological polar surface area (TPSA) is 143 Å². The fraction of sp³-hybridized carbons (Fsp3) is 0.379. The average molecular weight is 619 g/mol. The molecule has 3 aliphatic rings. The number of ketones is 1. The lowest BCUT2D eigenvalue weighted by Crippen LogP contribution is -2.58. The number of halogens is 3. The Hall–Kier alpha value is -3.90. The number of carbonyl (C=O) groups is 3. The standard InChI is InChI=1S/C29H29F3N4O6S/c1-43(40,41)24-14-17(16-33)8-9-21(24)26-25-22(6-3-7-23(25)37)35(20-5-2-4-18(15-20)29(30,31)32)28(39)36(26)27(38)34-19-10-12-42-13-11-19/h2,4-5,8-9,14-15,19,26,40-41H,3,6-7,10-13H2,1H3,(H,34,38)/t26-/m1/s1. The second kappa shape index (κ2) is 11.6. The highest BCUT2D eigenvalue weighted by molar-refractivity contribution is 8.23. The van der Waals surface area contributed by atoms with Gasteiger partial charge in [-0.2, -0.15) is 29.0 Å². The smallest absolute Gasteiger partial charge is 0.381 e. The van der Waals surface area contributed by atoms with Crippen LogP contribution in [-0.2, 0) is 15.7 Å². The highest BCUT2D eigenvalue weighted by Gasteiger charge is 2.49. The summed E-state index contributed by atoms with van der Waals surface area (Å²) < 4.78 is 67.9. The first kappa shape index (κ1) is 30.6. The van der Waals surface area contributed by atoms with Gasteiger partial charge in [-0.15, -0.1) is 0 Å². The summed E-state index contributed by atoms with van der Waals surface area (Å²) in [6.07, 6.45) is -2.21. The van der Waals surface area contributed by atoms with Crippen LogP contribution in [0, 0.1) is 11.3 Å². The minimum absolute atomic E-state index is 0.0139. The van der Waals surface area contributed by atoms with Gasteiger partial charge in [-0.05, 0) is 56.0 Å². The maximum atomic E-state index is 14.4. The molecule has 43 heavy (non-hydrogen) atoms. The lowest BCUT2D eigenvalue weighted by Gasteiger charge is -2.45. The number of hydrogen-bond acceptors (Lipinski definition) is 7. The molecule has 2 aromatic rings. The predicted molar refractivity (Wildman–Crippen MR) is 150 cm³/mol. The summed E-state index contributed by atoms with van der Waals surface area (Å²) in [6.45, 7) is 0.728. The van der Waals surface area contributed by atoms with E-state index in [2.05, 4.69) is 5.32 Å². The van der Waals surface area contributed by atoms with Gasteiger partial charge < -0.3 is 10.1 Å². The SMILES string of the molecule is CS(O)(O)c1cc(C#N)ccc1[C@@H]1C2=C(CCCC2=O)N(c2cccc(C(F)(F)F)c2)C(=O)N1C(=O)NC1CCOCC1. The molecule has 10 nitrogen and oxygen atoms in total. The van der Waals surface area contributed by atoms with Crippen LogP contribution in [0.15, 0.2) is 58.6 Å². The van der Waals surface area contributed by atoms with Crippen molar-refractivity contribution in [3.63, 3.8) is 0 Å². The van der Waals surface area contributed by atoms with Crippen molar-refractivity contribution in [3.8, 4) is 6.07 Å². The molecule has 3 N–H and O–H groups in total. The quantitative estimate of drug-likeness (QED) is 0.371. The second-order valence-electron chi connectivity index (χ2n) is 10.6. The van der Waals surface area contributed by atoms with E-state index in [1.807, 2.05) is 6.07 Å². The molecular formula is C29H29F3N4O6S. The van der Waals surface area contributed by atoms with Crippen molar-refractivity contribution in [1.82, 2.24) is 10.2 Å². The van der Waals surface area contributed by atoms with Crippen molar-refractivity contribution >= 4 is 34.1 Å². The summed E-state index contributed by atoms with van der Waals surface area (Å²) in [5, 5.41) is 12.3. The first-order chi connectivity index (χ1) is 20.3.